The minimum Gasteiger partial charge on any atom is -0.466 e. The van der Waals surface area contributed by atoms with E-state index in [1.54, 1.807) is 31.2 Å². The Hall–Kier alpha value is -1.68. The van der Waals surface area contributed by atoms with Gasteiger partial charge in [-0.3, -0.25) is 14.4 Å². The van der Waals surface area contributed by atoms with Crippen LogP contribution in [0.15, 0.2) is 24.3 Å². The zero-order valence-corrected chi connectivity index (χ0v) is 20.0. The molecule has 0 radical (unpaired) electrons. The molecule has 3 fully saturated rings. The van der Waals surface area contributed by atoms with Crippen molar-refractivity contribution in [3.63, 3.8) is 0 Å². The van der Waals surface area contributed by atoms with E-state index in [0.717, 1.165) is 0 Å². The molecule has 4 rings (SSSR count). The van der Waals surface area contributed by atoms with E-state index in [-0.39, 0.29) is 36.4 Å². The highest BCUT2D eigenvalue weighted by Crippen LogP contribution is 2.60. The molecule has 10 heteroatoms. The molecule has 6 atom stereocenters. The lowest BCUT2D eigenvalue weighted by molar-refractivity contribution is -0.154. The van der Waals surface area contributed by atoms with Gasteiger partial charge >= 0.3 is 5.97 Å². The fourth-order valence-corrected chi connectivity index (χ4v) is 6.38. The van der Waals surface area contributed by atoms with E-state index >= 15 is 0 Å². The Bertz CT molecular complexity index is 899. The number of rotatable bonds is 8. The molecule has 2 bridgehead atoms. The Morgan fingerprint density at radius 3 is 2.72 bits per heavy atom. The molecule has 3 aliphatic heterocycles. The standard InChI is InChI=1S/C22H26BrClN2O6/c1-2-31-21(30)15-16-20(29)26(9-3-4-10-27)18(22(16)11-14(23)17(15)32-22)19(28)25-13-7-5-12(24)6-8-13/h5-8,14-18,27H,2-4,9-11H2,1H3,(H,25,28)/t14?,15-,16-,17-,18?,22?/m0/s1. The summed E-state index contributed by atoms with van der Waals surface area (Å²) in [5, 5.41) is 12.6. The van der Waals surface area contributed by atoms with Crippen molar-refractivity contribution in [2.45, 2.75) is 48.8 Å². The molecular formula is C22H26BrClN2O6. The van der Waals surface area contributed by atoms with Crippen molar-refractivity contribution in [1.29, 1.82) is 0 Å². The number of likely N-dealkylation sites (tertiary alicyclic amines) is 1. The number of amides is 2. The largest absolute Gasteiger partial charge is 0.466 e. The van der Waals surface area contributed by atoms with Gasteiger partial charge in [-0.1, -0.05) is 27.5 Å². The number of unbranched alkanes of at least 4 members (excludes halogenated alkanes) is 1. The van der Waals surface area contributed by atoms with Crippen molar-refractivity contribution in [3.05, 3.63) is 29.3 Å². The summed E-state index contributed by atoms with van der Waals surface area (Å²) in [5.41, 5.74) is -0.574. The molecule has 3 aliphatic rings. The minimum atomic E-state index is -1.12. The molecule has 8 nitrogen and oxygen atoms in total. The number of fused-ring (bicyclic) bond motifs is 1. The first kappa shape index (κ1) is 23.5. The first-order valence-corrected chi connectivity index (χ1v) is 12.1. The van der Waals surface area contributed by atoms with E-state index in [1.807, 2.05) is 0 Å². The molecule has 3 heterocycles. The average molecular weight is 530 g/mol. The number of carbonyl (C=O) groups is 3. The number of ether oxygens (including phenoxy) is 2. The third-order valence-corrected chi connectivity index (χ3v) is 7.61. The number of aliphatic hydroxyl groups is 1. The lowest BCUT2D eigenvalue weighted by atomic mass is 9.70. The van der Waals surface area contributed by atoms with Crippen LogP contribution in [0, 0.1) is 11.8 Å². The molecule has 0 saturated carbocycles. The number of nitrogens with one attached hydrogen (secondary N) is 1. The number of carbonyl (C=O) groups excluding carboxylic acids is 3. The van der Waals surface area contributed by atoms with Crippen molar-refractivity contribution in [3.8, 4) is 0 Å². The van der Waals surface area contributed by atoms with Gasteiger partial charge in [0.25, 0.3) is 0 Å². The molecule has 32 heavy (non-hydrogen) atoms. The van der Waals surface area contributed by atoms with Crippen molar-refractivity contribution in [2.75, 3.05) is 25.1 Å². The highest BCUT2D eigenvalue weighted by atomic mass is 79.9. The molecule has 1 aromatic carbocycles. The van der Waals surface area contributed by atoms with Gasteiger partial charge in [0, 0.05) is 28.7 Å². The number of anilines is 1. The smallest absolute Gasteiger partial charge is 0.312 e. The molecule has 3 unspecified atom stereocenters. The summed E-state index contributed by atoms with van der Waals surface area (Å²) >= 11 is 9.54. The summed E-state index contributed by atoms with van der Waals surface area (Å²) < 4.78 is 11.6. The predicted octanol–water partition coefficient (Wildman–Crippen LogP) is 2.36. The maximum Gasteiger partial charge on any atom is 0.312 e. The monoisotopic (exact) mass is 528 g/mol. The predicted molar refractivity (Wildman–Crippen MR) is 120 cm³/mol. The number of hydrogen-bond acceptors (Lipinski definition) is 6. The lowest BCUT2D eigenvalue weighted by Gasteiger charge is -2.34. The third kappa shape index (κ3) is 3.83. The van der Waals surface area contributed by atoms with E-state index in [9.17, 15) is 19.5 Å². The zero-order valence-electron chi connectivity index (χ0n) is 17.6. The minimum absolute atomic E-state index is 0.00820. The second-order valence-electron chi connectivity index (χ2n) is 8.37. The van der Waals surface area contributed by atoms with Crippen molar-refractivity contribution >= 4 is 51.0 Å². The van der Waals surface area contributed by atoms with Crippen molar-refractivity contribution in [2.24, 2.45) is 11.8 Å². The highest BCUT2D eigenvalue weighted by molar-refractivity contribution is 9.09. The Morgan fingerprint density at radius 1 is 1.34 bits per heavy atom. The Morgan fingerprint density at radius 2 is 2.06 bits per heavy atom. The number of nitrogens with zero attached hydrogens (tertiary/aromatic N) is 1. The third-order valence-electron chi connectivity index (χ3n) is 6.52. The van der Waals surface area contributed by atoms with Gasteiger partial charge in [-0.05, 0) is 50.5 Å². The highest BCUT2D eigenvalue weighted by Gasteiger charge is 2.76. The average Bonchev–Trinajstić information content (AvgIpc) is 3.34. The van der Waals surface area contributed by atoms with E-state index in [1.165, 1.54) is 4.90 Å². The summed E-state index contributed by atoms with van der Waals surface area (Å²) in [4.78, 5) is 41.2. The number of benzene rings is 1. The van der Waals surface area contributed by atoms with Gasteiger partial charge in [0.1, 0.15) is 11.6 Å². The first-order chi connectivity index (χ1) is 15.3. The molecule has 1 aromatic rings. The molecular weight excluding hydrogens is 504 g/mol. The van der Waals surface area contributed by atoms with Crippen LogP contribution >= 0.6 is 27.5 Å². The van der Waals surface area contributed by atoms with E-state index < -0.39 is 35.6 Å². The van der Waals surface area contributed by atoms with Crippen LogP contribution in [0.3, 0.4) is 0 Å². The van der Waals surface area contributed by atoms with Crippen LogP contribution in [-0.4, -0.2) is 70.1 Å². The molecule has 3 saturated heterocycles. The normalized spacial score (nSPS) is 32.8. The fraction of sp³-hybridized carbons (Fsp3) is 0.591. The van der Waals surface area contributed by atoms with E-state index in [0.29, 0.717) is 30.0 Å². The number of alkyl halides is 1. The summed E-state index contributed by atoms with van der Waals surface area (Å²) in [6.45, 7) is 2.19. The Kier molecular flexibility index (Phi) is 6.81. The van der Waals surface area contributed by atoms with Crippen LogP contribution in [-0.2, 0) is 23.9 Å². The number of hydrogen-bond donors (Lipinski definition) is 2. The Balaban J connectivity index is 1.68. The summed E-state index contributed by atoms with van der Waals surface area (Å²) in [7, 11) is 0. The van der Waals surface area contributed by atoms with Crippen LogP contribution in [0.5, 0.6) is 0 Å². The fourth-order valence-electron chi connectivity index (χ4n) is 5.32. The molecule has 2 N–H and O–H groups in total. The van der Waals surface area contributed by atoms with Crippen molar-refractivity contribution < 1.29 is 29.0 Å². The van der Waals surface area contributed by atoms with Gasteiger partial charge in [0.05, 0.1) is 24.5 Å². The molecule has 0 aliphatic carbocycles. The topological polar surface area (TPSA) is 105 Å². The SMILES string of the molecule is CCOC(=O)[C@H]1[C@H]2C(=O)N(CCCCO)C(C(=O)Nc3ccc(Cl)cc3)C23CC(Br)[C@@H]1O3. The maximum absolute atomic E-state index is 13.6. The van der Waals surface area contributed by atoms with Gasteiger partial charge in [-0.2, -0.15) is 0 Å². The molecule has 1 spiro atoms. The lowest BCUT2D eigenvalue weighted by Crippen LogP contribution is -2.54. The van der Waals surface area contributed by atoms with E-state index in [2.05, 4.69) is 21.2 Å². The van der Waals surface area contributed by atoms with Crippen LogP contribution in [0.4, 0.5) is 5.69 Å². The maximum atomic E-state index is 13.6. The quantitative estimate of drug-likeness (QED) is 0.304. The van der Waals surface area contributed by atoms with Crippen LogP contribution < -0.4 is 5.32 Å². The zero-order chi connectivity index (χ0) is 23.0. The van der Waals surface area contributed by atoms with Gasteiger partial charge in [0.2, 0.25) is 11.8 Å². The molecule has 174 valence electrons. The van der Waals surface area contributed by atoms with Crippen molar-refractivity contribution in [1.82, 2.24) is 4.90 Å². The molecule has 2 amide bonds. The van der Waals surface area contributed by atoms with Gasteiger partial charge in [0.15, 0.2) is 0 Å². The number of aliphatic hydroxyl groups excluding tert-OH is 1. The Labute approximate surface area is 199 Å². The second kappa shape index (κ2) is 9.29. The summed E-state index contributed by atoms with van der Waals surface area (Å²) in [5.74, 6) is -2.68. The van der Waals surface area contributed by atoms with Crippen LogP contribution in [0.1, 0.15) is 26.2 Å². The van der Waals surface area contributed by atoms with Crippen LogP contribution in [0.25, 0.3) is 0 Å². The van der Waals surface area contributed by atoms with Gasteiger partial charge in [-0.25, -0.2) is 0 Å². The summed E-state index contributed by atoms with van der Waals surface area (Å²) in [6.07, 6.45) is 0.923. The molecule has 0 aromatic heterocycles. The van der Waals surface area contributed by atoms with Gasteiger partial charge in [-0.15, -0.1) is 0 Å². The number of esters is 1. The van der Waals surface area contributed by atoms with Crippen LogP contribution in [0.2, 0.25) is 5.02 Å². The number of halogens is 2. The first-order valence-electron chi connectivity index (χ1n) is 10.8. The second-order valence-corrected chi connectivity index (χ2v) is 9.99. The van der Waals surface area contributed by atoms with E-state index in [4.69, 9.17) is 21.1 Å². The van der Waals surface area contributed by atoms with Gasteiger partial charge < -0.3 is 24.8 Å². The summed E-state index contributed by atoms with van der Waals surface area (Å²) in [6, 6.07) is 5.80.